The number of ether oxygens (including phenoxy) is 1. The minimum Gasteiger partial charge on any atom is -0.496 e. The van der Waals surface area contributed by atoms with Gasteiger partial charge in [0.05, 0.1) is 20.6 Å². The molecule has 0 saturated carbocycles. The molecule has 0 atom stereocenters. The zero-order valence-electron chi connectivity index (χ0n) is 11.0. The van der Waals surface area contributed by atoms with Gasteiger partial charge < -0.3 is 4.74 Å². The second kappa shape index (κ2) is 6.16. The third-order valence-electron chi connectivity index (χ3n) is 2.65. The second-order valence-electron chi connectivity index (χ2n) is 3.83. The standard InChI is InChI=1S/C13H17NO4/c1-9(15)10-5-6-12(17-3)11(7-10)8-13(16)14(2)18-4/h5-7H,8H2,1-4H3. The molecule has 0 saturated heterocycles. The predicted molar refractivity (Wildman–Crippen MR) is 66.5 cm³/mol. The number of ketones is 1. The Bertz CT molecular complexity index is 456. The maximum absolute atomic E-state index is 11.8. The van der Waals surface area contributed by atoms with Crippen molar-refractivity contribution >= 4 is 11.7 Å². The van der Waals surface area contributed by atoms with E-state index in [9.17, 15) is 9.59 Å². The van der Waals surface area contributed by atoms with Gasteiger partial charge in [-0.3, -0.25) is 14.4 Å². The van der Waals surface area contributed by atoms with Crippen LogP contribution in [0.25, 0.3) is 0 Å². The number of hydrogen-bond acceptors (Lipinski definition) is 4. The van der Waals surface area contributed by atoms with E-state index in [1.165, 1.54) is 28.2 Å². The van der Waals surface area contributed by atoms with Gasteiger partial charge in [-0.1, -0.05) is 0 Å². The van der Waals surface area contributed by atoms with Crippen molar-refractivity contribution in [1.82, 2.24) is 5.06 Å². The minimum absolute atomic E-state index is 0.0496. The van der Waals surface area contributed by atoms with Gasteiger partial charge in [-0.25, -0.2) is 5.06 Å². The number of carbonyl (C=O) groups is 2. The normalized spacial score (nSPS) is 10.0. The molecular weight excluding hydrogens is 234 g/mol. The quantitative estimate of drug-likeness (QED) is 0.587. The molecule has 1 amide bonds. The van der Waals surface area contributed by atoms with Gasteiger partial charge in [-0.2, -0.15) is 0 Å². The highest BCUT2D eigenvalue weighted by Crippen LogP contribution is 2.21. The van der Waals surface area contributed by atoms with Crippen molar-refractivity contribution in [3.8, 4) is 5.75 Å². The lowest BCUT2D eigenvalue weighted by Gasteiger charge is -2.15. The Morgan fingerprint density at radius 1 is 1.28 bits per heavy atom. The van der Waals surface area contributed by atoms with E-state index >= 15 is 0 Å². The van der Waals surface area contributed by atoms with Crippen LogP contribution in [0.3, 0.4) is 0 Å². The number of nitrogens with zero attached hydrogens (tertiary/aromatic N) is 1. The lowest BCUT2D eigenvalue weighted by molar-refractivity contribution is -0.167. The molecule has 18 heavy (non-hydrogen) atoms. The first-order chi connectivity index (χ1) is 8.49. The number of rotatable bonds is 5. The molecule has 0 heterocycles. The highest BCUT2D eigenvalue weighted by molar-refractivity contribution is 5.94. The van der Waals surface area contributed by atoms with Crippen molar-refractivity contribution in [1.29, 1.82) is 0 Å². The van der Waals surface area contributed by atoms with E-state index in [0.717, 1.165) is 5.06 Å². The first-order valence-electron chi connectivity index (χ1n) is 5.48. The van der Waals surface area contributed by atoms with E-state index in [1.54, 1.807) is 18.2 Å². The molecule has 0 aliphatic rings. The zero-order chi connectivity index (χ0) is 13.7. The van der Waals surface area contributed by atoms with E-state index < -0.39 is 0 Å². The van der Waals surface area contributed by atoms with Crippen molar-refractivity contribution in [3.63, 3.8) is 0 Å². The van der Waals surface area contributed by atoms with Crippen molar-refractivity contribution in [2.75, 3.05) is 21.3 Å². The molecule has 1 aromatic rings. The van der Waals surface area contributed by atoms with Gasteiger partial charge in [0.2, 0.25) is 5.91 Å². The van der Waals surface area contributed by atoms with E-state index in [1.807, 2.05) is 0 Å². The molecule has 0 radical (unpaired) electrons. The lowest BCUT2D eigenvalue weighted by Crippen LogP contribution is -2.27. The number of likely N-dealkylation sites (N-methyl/N-ethyl adjacent to an activating group) is 1. The summed E-state index contributed by atoms with van der Waals surface area (Å²) in [4.78, 5) is 27.9. The molecule has 0 spiro atoms. The van der Waals surface area contributed by atoms with Crippen LogP contribution < -0.4 is 4.74 Å². The van der Waals surface area contributed by atoms with E-state index in [-0.39, 0.29) is 18.1 Å². The van der Waals surface area contributed by atoms with Gasteiger partial charge in [0.15, 0.2) is 5.78 Å². The molecule has 0 fully saturated rings. The van der Waals surface area contributed by atoms with Gasteiger partial charge >= 0.3 is 0 Å². The van der Waals surface area contributed by atoms with Crippen molar-refractivity contribution < 1.29 is 19.2 Å². The lowest BCUT2D eigenvalue weighted by atomic mass is 10.0. The summed E-state index contributed by atoms with van der Waals surface area (Å²) in [6.45, 7) is 1.48. The Balaban J connectivity index is 3.01. The molecule has 0 aromatic heterocycles. The first kappa shape index (κ1) is 14.2. The van der Waals surface area contributed by atoms with Gasteiger partial charge in [-0.05, 0) is 25.1 Å². The molecule has 0 aliphatic carbocycles. The highest BCUT2D eigenvalue weighted by Gasteiger charge is 2.14. The Labute approximate surface area is 106 Å². The summed E-state index contributed by atoms with van der Waals surface area (Å²) in [6, 6.07) is 5.03. The van der Waals surface area contributed by atoms with Gasteiger partial charge in [0.1, 0.15) is 5.75 Å². The maximum atomic E-state index is 11.8. The number of amides is 1. The van der Waals surface area contributed by atoms with Crippen LogP contribution in [0.4, 0.5) is 0 Å². The topological polar surface area (TPSA) is 55.8 Å². The summed E-state index contributed by atoms with van der Waals surface area (Å²) in [7, 11) is 4.47. The number of methoxy groups -OCH3 is 1. The number of carbonyl (C=O) groups excluding carboxylic acids is 2. The van der Waals surface area contributed by atoms with Crippen molar-refractivity contribution in [2.24, 2.45) is 0 Å². The average molecular weight is 251 g/mol. The number of hydroxylamine groups is 2. The van der Waals surface area contributed by atoms with Crippen LogP contribution in [0, 0.1) is 0 Å². The fourth-order valence-electron chi connectivity index (χ4n) is 1.51. The van der Waals surface area contributed by atoms with Crippen LogP contribution in [0.2, 0.25) is 0 Å². The molecule has 1 rings (SSSR count). The summed E-state index contributed by atoms with van der Waals surface area (Å²) in [5.74, 6) is 0.320. The molecule has 0 bridgehead atoms. The Hall–Kier alpha value is -1.88. The predicted octanol–water partition coefficient (Wildman–Crippen LogP) is 1.46. The Kier molecular flexibility index (Phi) is 4.85. The second-order valence-corrected chi connectivity index (χ2v) is 3.83. The minimum atomic E-state index is -0.212. The van der Waals surface area contributed by atoms with Crippen LogP contribution in [0.1, 0.15) is 22.8 Å². The van der Waals surface area contributed by atoms with Gasteiger partial charge in [0, 0.05) is 18.2 Å². The van der Waals surface area contributed by atoms with E-state index in [0.29, 0.717) is 16.9 Å². The van der Waals surface area contributed by atoms with Gasteiger partial charge in [0.25, 0.3) is 0 Å². The molecule has 0 N–H and O–H groups in total. The summed E-state index contributed by atoms with van der Waals surface area (Å²) in [5.41, 5.74) is 1.22. The molecule has 0 unspecified atom stereocenters. The summed E-state index contributed by atoms with van der Waals surface area (Å²) >= 11 is 0. The van der Waals surface area contributed by atoms with E-state index in [2.05, 4.69) is 0 Å². The van der Waals surface area contributed by atoms with Crippen molar-refractivity contribution in [2.45, 2.75) is 13.3 Å². The Morgan fingerprint density at radius 3 is 2.44 bits per heavy atom. The van der Waals surface area contributed by atoms with Crippen LogP contribution in [-0.2, 0) is 16.1 Å². The summed E-state index contributed by atoms with van der Waals surface area (Å²) < 4.78 is 5.17. The zero-order valence-corrected chi connectivity index (χ0v) is 11.0. The van der Waals surface area contributed by atoms with Crippen LogP contribution >= 0.6 is 0 Å². The molecular formula is C13H17NO4. The monoisotopic (exact) mass is 251 g/mol. The summed E-state index contributed by atoms with van der Waals surface area (Å²) in [6.07, 6.45) is 0.120. The number of Topliss-reactive ketones (excluding diaryl/α,β-unsaturated/α-hetero) is 1. The molecule has 0 aliphatic heterocycles. The average Bonchev–Trinajstić information content (AvgIpc) is 2.37. The third-order valence-corrected chi connectivity index (χ3v) is 2.65. The smallest absolute Gasteiger partial charge is 0.250 e. The number of hydrogen-bond donors (Lipinski definition) is 0. The third kappa shape index (κ3) is 3.30. The SMILES string of the molecule is COc1ccc(C(C)=O)cc1CC(=O)N(C)OC. The fourth-order valence-corrected chi connectivity index (χ4v) is 1.51. The highest BCUT2D eigenvalue weighted by atomic mass is 16.7. The molecule has 98 valence electrons. The maximum Gasteiger partial charge on any atom is 0.250 e. The van der Waals surface area contributed by atoms with Gasteiger partial charge in [-0.15, -0.1) is 0 Å². The number of benzene rings is 1. The largest absolute Gasteiger partial charge is 0.496 e. The van der Waals surface area contributed by atoms with Crippen molar-refractivity contribution in [3.05, 3.63) is 29.3 Å². The summed E-state index contributed by atoms with van der Waals surface area (Å²) in [5, 5.41) is 1.14. The molecule has 5 heteroatoms. The van der Waals surface area contributed by atoms with E-state index in [4.69, 9.17) is 9.57 Å². The van der Waals surface area contributed by atoms with Crippen LogP contribution in [0.5, 0.6) is 5.75 Å². The van der Waals surface area contributed by atoms with Crippen LogP contribution in [-0.4, -0.2) is 38.0 Å². The molecule has 1 aromatic carbocycles. The Morgan fingerprint density at radius 2 is 1.94 bits per heavy atom. The van der Waals surface area contributed by atoms with Crippen LogP contribution in [0.15, 0.2) is 18.2 Å². The fraction of sp³-hybridized carbons (Fsp3) is 0.385. The molecule has 5 nitrogen and oxygen atoms in total. The first-order valence-corrected chi connectivity index (χ1v) is 5.48.